The van der Waals surface area contributed by atoms with E-state index >= 15 is 0 Å². The zero-order valence-corrected chi connectivity index (χ0v) is 12.3. The SMILES string of the molecule is Cc1ccc(S(=O)(=O)c2c(C)cccc2O)c(O)c1C. The molecule has 0 aliphatic heterocycles. The number of phenols is 2. The number of phenolic OH excluding ortho intramolecular Hbond substituents is 2. The van der Waals surface area contributed by atoms with Crippen LogP contribution in [0.2, 0.25) is 0 Å². The Bertz CT molecular complexity index is 756. The Hall–Kier alpha value is -2.01. The third-order valence-corrected chi connectivity index (χ3v) is 5.39. The average Bonchev–Trinajstić information content (AvgIpc) is 2.35. The summed E-state index contributed by atoms with van der Waals surface area (Å²) in [4.78, 5) is -0.358. The van der Waals surface area contributed by atoms with Crippen molar-refractivity contribution in [3.05, 3.63) is 47.0 Å². The van der Waals surface area contributed by atoms with Crippen LogP contribution in [0.4, 0.5) is 0 Å². The van der Waals surface area contributed by atoms with Crippen molar-refractivity contribution in [2.45, 2.75) is 30.6 Å². The number of benzene rings is 2. The fourth-order valence-electron chi connectivity index (χ4n) is 2.09. The maximum absolute atomic E-state index is 12.6. The number of hydrogen-bond acceptors (Lipinski definition) is 4. The lowest BCUT2D eigenvalue weighted by Gasteiger charge is -2.13. The van der Waals surface area contributed by atoms with Crippen LogP contribution in [0, 0.1) is 20.8 Å². The van der Waals surface area contributed by atoms with Gasteiger partial charge >= 0.3 is 0 Å². The van der Waals surface area contributed by atoms with Gasteiger partial charge in [-0.15, -0.1) is 0 Å². The summed E-state index contributed by atoms with van der Waals surface area (Å²) in [7, 11) is -3.97. The van der Waals surface area contributed by atoms with E-state index in [2.05, 4.69) is 0 Å². The molecule has 2 N–H and O–H groups in total. The van der Waals surface area contributed by atoms with Crippen molar-refractivity contribution in [2.24, 2.45) is 0 Å². The third-order valence-electron chi connectivity index (χ3n) is 3.41. The van der Waals surface area contributed by atoms with E-state index in [1.54, 1.807) is 39.0 Å². The molecule has 0 radical (unpaired) electrons. The molecule has 20 heavy (non-hydrogen) atoms. The van der Waals surface area contributed by atoms with Gasteiger partial charge in [0.2, 0.25) is 9.84 Å². The Labute approximate surface area is 118 Å². The van der Waals surface area contributed by atoms with E-state index in [9.17, 15) is 18.6 Å². The zero-order valence-electron chi connectivity index (χ0n) is 11.5. The Morgan fingerprint density at radius 2 is 1.55 bits per heavy atom. The predicted molar refractivity (Wildman–Crippen MR) is 75.9 cm³/mol. The maximum atomic E-state index is 12.6. The van der Waals surface area contributed by atoms with Gasteiger partial charge in [-0.1, -0.05) is 18.2 Å². The first kappa shape index (κ1) is 14.4. The molecule has 0 aromatic heterocycles. The highest BCUT2D eigenvalue weighted by Crippen LogP contribution is 2.37. The van der Waals surface area contributed by atoms with E-state index in [-0.39, 0.29) is 21.3 Å². The summed E-state index contributed by atoms with van der Waals surface area (Å²) in [6.07, 6.45) is 0. The maximum Gasteiger partial charge on any atom is 0.214 e. The molecule has 0 aliphatic carbocycles. The molecule has 4 nitrogen and oxygen atoms in total. The molecule has 0 heterocycles. The van der Waals surface area contributed by atoms with Gasteiger partial charge in [-0.05, 0) is 49.6 Å². The molecule has 2 aromatic rings. The molecule has 5 heteroatoms. The lowest BCUT2D eigenvalue weighted by molar-refractivity contribution is 0.449. The quantitative estimate of drug-likeness (QED) is 0.892. The standard InChI is InChI=1S/C15H16O4S/c1-9-7-8-13(14(17)11(9)3)20(18,19)15-10(2)5-4-6-12(15)16/h4-8,16-17H,1-3H3. The van der Waals surface area contributed by atoms with Crippen LogP contribution >= 0.6 is 0 Å². The number of aryl methyl sites for hydroxylation is 2. The molecule has 0 atom stereocenters. The molecular weight excluding hydrogens is 276 g/mol. The van der Waals surface area contributed by atoms with E-state index < -0.39 is 9.84 Å². The lowest BCUT2D eigenvalue weighted by Crippen LogP contribution is -2.06. The molecule has 0 amide bonds. The smallest absolute Gasteiger partial charge is 0.214 e. The van der Waals surface area contributed by atoms with Crippen LogP contribution in [0.3, 0.4) is 0 Å². The van der Waals surface area contributed by atoms with Gasteiger partial charge in [0.15, 0.2) is 0 Å². The van der Waals surface area contributed by atoms with E-state index in [1.807, 2.05) is 0 Å². The molecule has 0 bridgehead atoms. The second kappa shape index (κ2) is 4.83. The van der Waals surface area contributed by atoms with Crippen molar-refractivity contribution in [1.82, 2.24) is 0 Å². The minimum atomic E-state index is -3.97. The van der Waals surface area contributed by atoms with Crippen molar-refractivity contribution in [1.29, 1.82) is 0 Å². The first-order valence-corrected chi connectivity index (χ1v) is 7.58. The Morgan fingerprint density at radius 1 is 0.900 bits per heavy atom. The second-order valence-corrected chi connectivity index (χ2v) is 6.64. The normalized spacial score (nSPS) is 11.6. The summed E-state index contributed by atoms with van der Waals surface area (Å²) in [6.45, 7) is 5.04. The average molecular weight is 292 g/mol. The first-order chi connectivity index (χ1) is 9.26. The monoisotopic (exact) mass is 292 g/mol. The summed E-state index contributed by atoms with van der Waals surface area (Å²) in [5.41, 5.74) is 1.75. The van der Waals surface area contributed by atoms with Crippen molar-refractivity contribution in [3.8, 4) is 11.5 Å². The summed E-state index contributed by atoms with van der Waals surface area (Å²) in [5.74, 6) is -0.588. The molecule has 2 aromatic carbocycles. The highest BCUT2D eigenvalue weighted by atomic mass is 32.2. The molecule has 0 fully saturated rings. The highest BCUT2D eigenvalue weighted by Gasteiger charge is 2.27. The molecule has 0 aliphatic rings. The molecule has 0 saturated carbocycles. The van der Waals surface area contributed by atoms with Gasteiger partial charge < -0.3 is 10.2 Å². The summed E-state index contributed by atoms with van der Waals surface area (Å²) >= 11 is 0. The Balaban J connectivity index is 2.78. The topological polar surface area (TPSA) is 74.6 Å². The van der Waals surface area contributed by atoms with Gasteiger partial charge in [0.05, 0.1) is 0 Å². The van der Waals surface area contributed by atoms with Gasteiger partial charge in [-0.3, -0.25) is 0 Å². The first-order valence-electron chi connectivity index (χ1n) is 6.09. The van der Waals surface area contributed by atoms with Crippen molar-refractivity contribution >= 4 is 9.84 Å². The summed E-state index contributed by atoms with van der Waals surface area (Å²) in [5, 5.41) is 19.9. The number of sulfone groups is 1. The molecule has 0 unspecified atom stereocenters. The largest absolute Gasteiger partial charge is 0.507 e. The fourth-order valence-corrected chi connectivity index (χ4v) is 3.80. The lowest BCUT2D eigenvalue weighted by atomic mass is 10.1. The van der Waals surface area contributed by atoms with E-state index in [0.29, 0.717) is 11.1 Å². The van der Waals surface area contributed by atoms with Crippen LogP contribution in [0.25, 0.3) is 0 Å². The number of aromatic hydroxyl groups is 2. The molecule has 2 rings (SSSR count). The van der Waals surface area contributed by atoms with Crippen molar-refractivity contribution < 1.29 is 18.6 Å². The van der Waals surface area contributed by atoms with Crippen LogP contribution in [0.5, 0.6) is 11.5 Å². The van der Waals surface area contributed by atoms with Gasteiger partial charge in [0.1, 0.15) is 21.3 Å². The predicted octanol–water partition coefficient (Wildman–Crippen LogP) is 2.86. The number of hydrogen-bond donors (Lipinski definition) is 2. The molecule has 0 saturated heterocycles. The van der Waals surface area contributed by atoms with Crippen LogP contribution in [0.1, 0.15) is 16.7 Å². The van der Waals surface area contributed by atoms with E-state index in [1.165, 1.54) is 12.1 Å². The fraction of sp³-hybridized carbons (Fsp3) is 0.200. The van der Waals surface area contributed by atoms with Gasteiger partial charge in [0, 0.05) is 0 Å². The second-order valence-electron chi connectivity index (χ2n) is 4.78. The molecule has 106 valence electrons. The Kier molecular flexibility index (Phi) is 3.48. The van der Waals surface area contributed by atoms with E-state index in [4.69, 9.17) is 0 Å². The van der Waals surface area contributed by atoms with Gasteiger partial charge in [0.25, 0.3) is 0 Å². The highest BCUT2D eigenvalue weighted by molar-refractivity contribution is 7.91. The van der Waals surface area contributed by atoms with Crippen LogP contribution < -0.4 is 0 Å². The minimum Gasteiger partial charge on any atom is -0.507 e. The van der Waals surface area contributed by atoms with Gasteiger partial charge in [-0.25, -0.2) is 8.42 Å². The summed E-state index contributed by atoms with van der Waals surface area (Å²) in [6, 6.07) is 7.49. The van der Waals surface area contributed by atoms with Crippen LogP contribution in [-0.4, -0.2) is 18.6 Å². The zero-order chi connectivity index (χ0) is 15.1. The molecule has 0 spiro atoms. The van der Waals surface area contributed by atoms with Crippen LogP contribution in [-0.2, 0) is 9.84 Å². The van der Waals surface area contributed by atoms with Crippen LogP contribution in [0.15, 0.2) is 40.1 Å². The third kappa shape index (κ3) is 2.14. The molecular formula is C15H16O4S. The number of rotatable bonds is 2. The Morgan fingerprint density at radius 3 is 2.15 bits per heavy atom. The van der Waals surface area contributed by atoms with Gasteiger partial charge in [-0.2, -0.15) is 0 Å². The van der Waals surface area contributed by atoms with Crippen molar-refractivity contribution in [2.75, 3.05) is 0 Å². The van der Waals surface area contributed by atoms with Crippen molar-refractivity contribution in [3.63, 3.8) is 0 Å². The van der Waals surface area contributed by atoms with E-state index in [0.717, 1.165) is 5.56 Å². The summed E-state index contributed by atoms with van der Waals surface area (Å²) < 4.78 is 25.3. The minimum absolute atomic E-state index is 0.168.